The van der Waals surface area contributed by atoms with Gasteiger partial charge in [0.05, 0.1) is 15.9 Å². The number of aryl methyl sites for hydroxylation is 1. The second kappa shape index (κ2) is 6.98. The molecule has 0 saturated heterocycles. The third kappa shape index (κ3) is 3.77. The van der Waals surface area contributed by atoms with Crippen molar-refractivity contribution in [1.29, 1.82) is 0 Å². The van der Waals surface area contributed by atoms with Gasteiger partial charge in [-0.05, 0) is 48.9 Å². The Bertz CT molecular complexity index is 1150. The highest BCUT2D eigenvalue weighted by atomic mass is 32.2. The normalized spacial score (nSPS) is 11.7. The Morgan fingerprint density at radius 2 is 1.63 bits per heavy atom. The van der Waals surface area contributed by atoms with Crippen LogP contribution >= 0.6 is 0 Å². The summed E-state index contributed by atoms with van der Waals surface area (Å²) in [6.45, 7) is 2.26. The predicted molar refractivity (Wildman–Crippen MR) is 107 cm³/mol. The molecule has 0 spiro atoms. The highest BCUT2D eigenvalue weighted by Crippen LogP contribution is 2.22. The first kappa shape index (κ1) is 17.5. The van der Waals surface area contributed by atoms with Gasteiger partial charge in [0.25, 0.3) is 0 Å². The van der Waals surface area contributed by atoms with Crippen LogP contribution in [0.2, 0.25) is 0 Å². The molecule has 4 aromatic rings. The summed E-state index contributed by atoms with van der Waals surface area (Å²) < 4.78 is 27.7. The molecule has 0 amide bonds. The van der Waals surface area contributed by atoms with E-state index in [0.29, 0.717) is 5.82 Å². The van der Waals surface area contributed by atoms with Crippen molar-refractivity contribution < 1.29 is 8.42 Å². The average molecular weight is 377 g/mol. The molecule has 0 aliphatic carbocycles. The highest BCUT2D eigenvalue weighted by Gasteiger charge is 2.14. The topological polar surface area (TPSA) is 74.8 Å². The molecule has 0 bridgehead atoms. The van der Waals surface area contributed by atoms with Crippen LogP contribution in [-0.2, 0) is 16.6 Å². The summed E-state index contributed by atoms with van der Waals surface area (Å²) in [5.74, 6) is 0.716. The molecule has 136 valence electrons. The molecule has 0 atom stereocenters. The summed E-state index contributed by atoms with van der Waals surface area (Å²) in [5, 5.41) is 0. The number of aromatic amines is 1. The molecule has 4 rings (SSSR count). The number of fused-ring (bicyclic) bond motifs is 1. The van der Waals surface area contributed by atoms with E-state index in [1.54, 1.807) is 24.3 Å². The van der Waals surface area contributed by atoms with Crippen molar-refractivity contribution >= 4 is 21.1 Å². The smallest absolute Gasteiger partial charge is 0.240 e. The van der Waals surface area contributed by atoms with Gasteiger partial charge in [0.1, 0.15) is 5.82 Å². The number of nitrogens with one attached hydrogen (secondary N) is 2. The first-order valence-electron chi connectivity index (χ1n) is 8.62. The van der Waals surface area contributed by atoms with Crippen LogP contribution in [0.5, 0.6) is 0 Å². The average Bonchev–Trinajstić information content (AvgIpc) is 3.12. The summed E-state index contributed by atoms with van der Waals surface area (Å²) in [7, 11) is -3.57. The Morgan fingerprint density at radius 1 is 0.926 bits per heavy atom. The van der Waals surface area contributed by atoms with Crippen LogP contribution in [0.4, 0.5) is 0 Å². The number of nitrogens with zero attached hydrogens (tertiary/aromatic N) is 1. The maximum absolute atomic E-state index is 12.5. The van der Waals surface area contributed by atoms with Crippen LogP contribution in [0.3, 0.4) is 0 Å². The Labute approximate surface area is 158 Å². The molecule has 27 heavy (non-hydrogen) atoms. The van der Waals surface area contributed by atoms with E-state index < -0.39 is 10.0 Å². The van der Waals surface area contributed by atoms with E-state index in [4.69, 9.17) is 0 Å². The first-order chi connectivity index (χ1) is 13.0. The summed E-state index contributed by atoms with van der Waals surface area (Å²) in [5.41, 5.74) is 4.72. The lowest BCUT2D eigenvalue weighted by Crippen LogP contribution is -2.23. The minimum atomic E-state index is -3.57. The van der Waals surface area contributed by atoms with E-state index in [9.17, 15) is 8.42 Å². The molecule has 0 aliphatic rings. The number of hydrogen-bond donors (Lipinski definition) is 2. The van der Waals surface area contributed by atoms with Gasteiger partial charge in [0.15, 0.2) is 0 Å². The molecule has 0 unspecified atom stereocenters. The minimum Gasteiger partial charge on any atom is -0.338 e. The zero-order valence-corrected chi connectivity index (χ0v) is 15.6. The second-order valence-electron chi connectivity index (χ2n) is 6.44. The van der Waals surface area contributed by atoms with Crippen molar-refractivity contribution in [2.45, 2.75) is 18.4 Å². The van der Waals surface area contributed by atoms with E-state index in [-0.39, 0.29) is 11.4 Å². The maximum Gasteiger partial charge on any atom is 0.240 e. The Kier molecular flexibility index (Phi) is 4.51. The highest BCUT2D eigenvalue weighted by molar-refractivity contribution is 7.89. The zero-order chi connectivity index (χ0) is 18.9. The Morgan fingerprint density at radius 3 is 2.33 bits per heavy atom. The fraction of sp³-hybridized carbons (Fsp3) is 0.0952. The first-order valence-corrected chi connectivity index (χ1v) is 10.1. The van der Waals surface area contributed by atoms with Gasteiger partial charge in [-0.15, -0.1) is 0 Å². The van der Waals surface area contributed by atoms with Gasteiger partial charge in [-0.3, -0.25) is 0 Å². The molecule has 1 heterocycles. The van der Waals surface area contributed by atoms with Crippen molar-refractivity contribution in [2.75, 3.05) is 0 Å². The van der Waals surface area contributed by atoms with Crippen LogP contribution in [0.25, 0.3) is 22.4 Å². The Hall–Kier alpha value is -2.96. The minimum absolute atomic E-state index is 0.231. The van der Waals surface area contributed by atoms with Crippen LogP contribution in [0, 0.1) is 6.92 Å². The quantitative estimate of drug-likeness (QED) is 0.552. The molecule has 0 aliphatic heterocycles. The van der Waals surface area contributed by atoms with Crippen molar-refractivity contribution in [3.05, 3.63) is 83.9 Å². The van der Waals surface area contributed by atoms with E-state index in [1.807, 2.05) is 55.5 Å². The van der Waals surface area contributed by atoms with Crippen LogP contribution in [0.1, 0.15) is 11.1 Å². The summed E-state index contributed by atoms with van der Waals surface area (Å²) >= 11 is 0. The van der Waals surface area contributed by atoms with E-state index >= 15 is 0 Å². The Balaban J connectivity index is 1.52. The number of para-hydroxylation sites is 2. The lowest BCUT2D eigenvalue weighted by molar-refractivity contribution is 0.581. The zero-order valence-electron chi connectivity index (χ0n) is 14.8. The van der Waals surface area contributed by atoms with Crippen molar-refractivity contribution in [2.24, 2.45) is 0 Å². The molecule has 0 saturated carbocycles. The standard InChI is InChI=1S/C21H19N3O2S/c1-15-6-8-16(9-7-15)14-22-27(25,26)18-12-10-17(11-13-18)21-23-19-4-2-3-5-20(19)24-21/h2-13,22H,14H2,1H3,(H,23,24). The van der Waals surface area contributed by atoms with Gasteiger partial charge in [0, 0.05) is 12.1 Å². The molecule has 0 fully saturated rings. The number of aromatic nitrogens is 2. The lowest BCUT2D eigenvalue weighted by atomic mass is 10.2. The number of hydrogen-bond acceptors (Lipinski definition) is 3. The number of rotatable bonds is 5. The number of H-pyrrole nitrogens is 1. The van der Waals surface area contributed by atoms with Gasteiger partial charge >= 0.3 is 0 Å². The van der Waals surface area contributed by atoms with Gasteiger partial charge in [0.2, 0.25) is 10.0 Å². The largest absolute Gasteiger partial charge is 0.338 e. The van der Waals surface area contributed by atoms with Crippen molar-refractivity contribution in [3.63, 3.8) is 0 Å². The summed E-state index contributed by atoms with van der Waals surface area (Å²) in [6, 6.07) is 22.3. The number of sulfonamides is 1. The van der Waals surface area contributed by atoms with Gasteiger partial charge in [-0.25, -0.2) is 18.1 Å². The molecule has 6 heteroatoms. The third-order valence-electron chi connectivity index (χ3n) is 4.41. The molecule has 1 aromatic heterocycles. The second-order valence-corrected chi connectivity index (χ2v) is 8.20. The molecule has 3 aromatic carbocycles. The van der Waals surface area contributed by atoms with Gasteiger partial charge in [-0.2, -0.15) is 0 Å². The fourth-order valence-electron chi connectivity index (χ4n) is 2.85. The molecular formula is C21H19N3O2S. The van der Waals surface area contributed by atoms with Gasteiger partial charge in [-0.1, -0.05) is 42.0 Å². The van der Waals surface area contributed by atoms with E-state index in [0.717, 1.165) is 27.7 Å². The molecule has 5 nitrogen and oxygen atoms in total. The third-order valence-corrected chi connectivity index (χ3v) is 5.83. The van der Waals surface area contributed by atoms with E-state index in [1.165, 1.54) is 0 Å². The summed E-state index contributed by atoms with van der Waals surface area (Å²) in [6.07, 6.45) is 0. The van der Waals surface area contributed by atoms with Crippen molar-refractivity contribution in [1.82, 2.24) is 14.7 Å². The number of benzene rings is 3. The van der Waals surface area contributed by atoms with Crippen LogP contribution in [-0.4, -0.2) is 18.4 Å². The molecule has 0 radical (unpaired) electrons. The molecular weight excluding hydrogens is 358 g/mol. The SMILES string of the molecule is Cc1ccc(CNS(=O)(=O)c2ccc(-c3nc4ccccc4[nH]3)cc2)cc1. The summed E-state index contributed by atoms with van der Waals surface area (Å²) in [4.78, 5) is 8.01. The van der Waals surface area contributed by atoms with Crippen LogP contribution < -0.4 is 4.72 Å². The maximum atomic E-state index is 12.5. The predicted octanol–water partition coefficient (Wildman–Crippen LogP) is 4.02. The number of imidazole rings is 1. The van der Waals surface area contributed by atoms with Gasteiger partial charge < -0.3 is 4.98 Å². The fourth-order valence-corrected chi connectivity index (χ4v) is 3.87. The van der Waals surface area contributed by atoms with E-state index in [2.05, 4.69) is 14.7 Å². The molecule has 2 N–H and O–H groups in total. The van der Waals surface area contributed by atoms with Crippen molar-refractivity contribution in [3.8, 4) is 11.4 Å². The lowest BCUT2D eigenvalue weighted by Gasteiger charge is -2.08. The monoisotopic (exact) mass is 377 g/mol. The van der Waals surface area contributed by atoms with Crippen LogP contribution in [0.15, 0.2) is 77.7 Å².